The van der Waals surface area contributed by atoms with E-state index in [2.05, 4.69) is 12.1 Å². The molecule has 0 aliphatic rings. The topological polar surface area (TPSA) is 84.5 Å². The van der Waals surface area contributed by atoms with E-state index in [9.17, 15) is 0 Å². The van der Waals surface area contributed by atoms with Crippen molar-refractivity contribution in [1.29, 1.82) is 10.5 Å². The summed E-state index contributed by atoms with van der Waals surface area (Å²) in [6.45, 7) is 2.55. The first-order chi connectivity index (χ1) is 15.1. The zero-order chi connectivity index (χ0) is 22.2. The molecule has 0 amide bonds. The van der Waals surface area contributed by atoms with Crippen molar-refractivity contribution in [2.24, 2.45) is 0 Å². The van der Waals surface area contributed by atoms with Crippen molar-refractivity contribution in [1.82, 2.24) is 0 Å². The van der Waals surface area contributed by atoms with Crippen LogP contribution in [-0.2, 0) is 13.2 Å². The third-order valence-corrected chi connectivity index (χ3v) is 4.65. The first-order valence-corrected chi connectivity index (χ1v) is 9.57. The first-order valence-electron chi connectivity index (χ1n) is 9.57. The molecule has 0 heterocycles. The molecule has 6 nitrogen and oxygen atoms in total. The molecule has 0 fully saturated rings. The van der Waals surface area contributed by atoms with Gasteiger partial charge in [-0.1, -0.05) is 12.1 Å². The second-order valence-corrected chi connectivity index (χ2v) is 6.84. The molecule has 0 atom stereocenters. The lowest BCUT2D eigenvalue weighted by Gasteiger charge is -2.14. The van der Waals surface area contributed by atoms with E-state index in [1.807, 2.05) is 37.3 Å². The Kier molecular flexibility index (Phi) is 6.98. The van der Waals surface area contributed by atoms with Crippen molar-refractivity contribution in [3.8, 4) is 35.1 Å². The second-order valence-electron chi connectivity index (χ2n) is 6.84. The van der Waals surface area contributed by atoms with Gasteiger partial charge in [0.15, 0.2) is 0 Å². The highest BCUT2D eigenvalue weighted by molar-refractivity contribution is 5.44. The summed E-state index contributed by atoms with van der Waals surface area (Å²) < 4.78 is 22.6. The molecule has 0 saturated carbocycles. The Hall–Kier alpha value is -4.16. The minimum absolute atomic E-state index is 0.293. The van der Waals surface area contributed by atoms with E-state index in [0.717, 1.165) is 16.7 Å². The van der Waals surface area contributed by atoms with E-state index in [1.54, 1.807) is 38.5 Å². The van der Waals surface area contributed by atoms with E-state index in [4.69, 9.17) is 29.5 Å². The van der Waals surface area contributed by atoms with Gasteiger partial charge >= 0.3 is 0 Å². The summed E-state index contributed by atoms with van der Waals surface area (Å²) in [6.07, 6.45) is 0. The third-order valence-electron chi connectivity index (χ3n) is 4.65. The quantitative estimate of drug-likeness (QED) is 0.520. The molecule has 0 radical (unpaired) electrons. The van der Waals surface area contributed by atoms with Crippen LogP contribution < -0.4 is 18.9 Å². The Balaban J connectivity index is 1.71. The summed E-state index contributed by atoms with van der Waals surface area (Å²) in [7, 11) is 3.13. The smallest absolute Gasteiger partial charge is 0.126 e. The molecular weight excluding hydrogens is 392 g/mol. The van der Waals surface area contributed by atoms with Crippen LogP contribution in [-0.4, -0.2) is 14.2 Å². The van der Waals surface area contributed by atoms with Crippen LogP contribution in [0.15, 0.2) is 54.6 Å². The molecule has 6 heteroatoms. The summed E-state index contributed by atoms with van der Waals surface area (Å²) in [5.41, 5.74) is 3.74. The molecular formula is C25H22N2O4. The van der Waals surface area contributed by atoms with Crippen LogP contribution in [0.1, 0.15) is 27.8 Å². The van der Waals surface area contributed by atoms with Gasteiger partial charge in [0.2, 0.25) is 0 Å². The number of nitrogens with zero attached hydrogens (tertiary/aromatic N) is 2. The molecule has 0 bridgehead atoms. The van der Waals surface area contributed by atoms with Gasteiger partial charge in [0.1, 0.15) is 36.2 Å². The number of rotatable bonds is 8. The van der Waals surface area contributed by atoms with Gasteiger partial charge in [0.25, 0.3) is 0 Å². The van der Waals surface area contributed by atoms with E-state index >= 15 is 0 Å². The maximum Gasteiger partial charge on any atom is 0.126 e. The molecule has 3 rings (SSSR count). The molecule has 156 valence electrons. The van der Waals surface area contributed by atoms with Gasteiger partial charge in [-0.25, -0.2) is 0 Å². The maximum atomic E-state index is 9.04. The third kappa shape index (κ3) is 5.46. The summed E-state index contributed by atoms with van der Waals surface area (Å²) in [5, 5.41) is 18.1. The van der Waals surface area contributed by atoms with Gasteiger partial charge in [-0.2, -0.15) is 10.5 Å². The maximum absolute atomic E-state index is 9.04. The van der Waals surface area contributed by atoms with E-state index in [1.165, 1.54) is 0 Å². The number of aryl methyl sites for hydroxylation is 1. The van der Waals surface area contributed by atoms with Crippen LogP contribution in [0.4, 0.5) is 0 Å². The van der Waals surface area contributed by atoms with Crippen LogP contribution in [0.2, 0.25) is 0 Å². The summed E-state index contributed by atoms with van der Waals surface area (Å²) in [5.74, 6) is 2.54. The van der Waals surface area contributed by atoms with Crippen LogP contribution in [0.3, 0.4) is 0 Å². The molecule has 3 aromatic carbocycles. The standard InChI is InChI=1S/C25H22N2O4/c1-17-8-22(30-15-20-6-4-18(13-26)10-24(20)28-2)12-23(9-17)31-16-21-7-5-19(14-27)11-25(21)29-3/h4-12H,15-16H2,1-3H3. The molecule has 0 unspecified atom stereocenters. The van der Waals surface area contributed by atoms with Crippen molar-refractivity contribution >= 4 is 0 Å². The van der Waals surface area contributed by atoms with E-state index in [-0.39, 0.29) is 0 Å². The van der Waals surface area contributed by atoms with Crippen molar-refractivity contribution in [3.05, 3.63) is 82.4 Å². The van der Waals surface area contributed by atoms with Gasteiger partial charge < -0.3 is 18.9 Å². The number of nitriles is 2. The van der Waals surface area contributed by atoms with Crippen molar-refractivity contribution in [3.63, 3.8) is 0 Å². The molecule has 0 N–H and O–H groups in total. The highest BCUT2D eigenvalue weighted by Crippen LogP contribution is 2.28. The average molecular weight is 414 g/mol. The summed E-state index contributed by atoms with van der Waals surface area (Å²) in [4.78, 5) is 0. The Bertz CT molecular complexity index is 1070. The lowest BCUT2D eigenvalue weighted by molar-refractivity contribution is 0.282. The summed E-state index contributed by atoms with van der Waals surface area (Å²) in [6, 6.07) is 20.3. The van der Waals surface area contributed by atoms with Crippen LogP contribution >= 0.6 is 0 Å². The van der Waals surface area contributed by atoms with Crippen molar-refractivity contribution in [2.75, 3.05) is 14.2 Å². The van der Waals surface area contributed by atoms with E-state index < -0.39 is 0 Å². The van der Waals surface area contributed by atoms with Crippen molar-refractivity contribution in [2.45, 2.75) is 20.1 Å². The van der Waals surface area contributed by atoms with Gasteiger partial charge in [0.05, 0.1) is 37.5 Å². The Labute approximate surface area is 181 Å². The molecule has 0 saturated heterocycles. The van der Waals surface area contributed by atoms with Gasteiger partial charge in [-0.15, -0.1) is 0 Å². The lowest BCUT2D eigenvalue weighted by atomic mass is 10.1. The first kappa shape index (κ1) is 21.5. The van der Waals surface area contributed by atoms with E-state index in [0.29, 0.717) is 47.3 Å². The normalized spacial score (nSPS) is 9.97. The highest BCUT2D eigenvalue weighted by Gasteiger charge is 2.09. The molecule has 0 aliphatic carbocycles. The number of hydrogen-bond acceptors (Lipinski definition) is 6. The fraction of sp³-hybridized carbons (Fsp3) is 0.200. The molecule has 31 heavy (non-hydrogen) atoms. The lowest BCUT2D eigenvalue weighted by Crippen LogP contribution is -2.01. The predicted octanol–water partition coefficient (Wildman–Crippen LogP) is 4.91. The molecule has 0 aliphatic heterocycles. The monoisotopic (exact) mass is 414 g/mol. The SMILES string of the molecule is COc1cc(C#N)ccc1COc1cc(C)cc(OCc2ccc(C#N)cc2OC)c1. The number of methoxy groups -OCH3 is 2. The van der Waals surface area contributed by atoms with Crippen LogP contribution in [0, 0.1) is 29.6 Å². The largest absolute Gasteiger partial charge is 0.496 e. The fourth-order valence-electron chi connectivity index (χ4n) is 3.07. The van der Waals surface area contributed by atoms with Crippen LogP contribution in [0.25, 0.3) is 0 Å². The van der Waals surface area contributed by atoms with Crippen molar-refractivity contribution < 1.29 is 18.9 Å². The van der Waals surface area contributed by atoms with Crippen LogP contribution in [0.5, 0.6) is 23.0 Å². The number of benzene rings is 3. The van der Waals surface area contributed by atoms with Gasteiger partial charge in [-0.05, 0) is 48.9 Å². The minimum atomic E-state index is 0.293. The Morgan fingerprint density at radius 3 is 1.52 bits per heavy atom. The van der Waals surface area contributed by atoms with Gasteiger partial charge in [-0.3, -0.25) is 0 Å². The summed E-state index contributed by atoms with van der Waals surface area (Å²) >= 11 is 0. The van der Waals surface area contributed by atoms with Gasteiger partial charge in [0, 0.05) is 17.2 Å². The zero-order valence-corrected chi connectivity index (χ0v) is 17.6. The number of ether oxygens (including phenoxy) is 4. The average Bonchev–Trinajstić information content (AvgIpc) is 2.80. The minimum Gasteiger partial charge on any atom is -0.496 e. The molecule has 0 spiro atoms. The zero-order valence-electron chi connectivity index (χ0n) is 17.6. The second kappa shape index (κ2) is 10.0. The molecule has 3 aromatic rings. The Morgan fingerprint density at radius 1 is 0.677 bits per heavy atom. The predicted molar refractivity (Wildman–Crippen MR) is 115 cm³/mol. The number of hydrogen-bond donors (Lipinski definition) is 0. The Morgan fingerprint density at radius 2 is 1.13 bits per heavy atom. The molecule has 0 aromatic heterocycles. The highest BCUT2D eigenvalue weighted by atomic mass is 16.5. The fourth-order valence-corrected chi connectivity index (χ4v) is 3.07.